The molecule has 4 rings (SSSR count). The SMILES string of the molecule is Cc1ccccc1CN1N=N[C@@H]2C(=O)N(c3ccc(Cl)cc3)C(=O)[C@@H]21. The maximum absolute atomic E-state index is 12.9. The van der Waals surface area contributed by atoms with E-state index in [9.17, 15) is 9.59 Å². The van der Waals surface area contributed by atoms with Crippen LogP contribution in [0.25, 0.3) is 0 Å². The number of hydrogen-bond donors (Lipinski definition) is 0. The number of benzene rings is 2. The Morgan fingerprint density at radius 1 is 1.04 bits per heavy atom. The van der Waals surface area contributed by atoms with E-state index < -0.39 is 12.1 Å². The van der Waals surface area contributed by atoms with Crippen LogP contribution in [0, 0.1) is 6.92 Å². The van der Waals surface area contributed by atoms with Gasteiger partial charge in [-0.2, -0.15) is 5.11 Å². The first-order valence-electron chi connectivity index (χ1n) is 7.91. The fourth-order valence-electron chi connectivity index (χ4n) is 3.16. The van der Waals surface area contributed by atoms with Gasteiger partial charge in [0.15, 0.2) is 12.1 Å². The van der Waals surface area contributed by atoms with Crippen LogP contribution in [0.1, 0.15) is 11.1 Å². The Bertz CT molecular complexity index is 881. The van der Waals surface area contributed by atoms with Crippen molar-refractivity contribution in [3.63, 3.8) is 0 Å². The zero-order valence-electron chi connectivity index (χ0n) is 13.5. The molecule has 0 saturated carbocycles. The van der Waals surface area contributed by atoms with Gasteiger partial charge in [-0.1, -0.05) is 41.1 Å². The molecule has 0 aliphatic carbocycles. The third kappa shape index (κ3) is 2.59. The van der Waals surface area contributed by atoms with Crippen LogP contribution < -0.4 is 4.90 Å². The number of rotatable bonds is 3. The number of fused-ring (bicyclic) bond motifs is 1. The maximum Gasteiger partial charge on any atom is 0.263 e. The summed E-state index contributed by atoms with van der Waals surface area (Å²) in [4.78, 5) is 26.7. The molecule has 2 aliphatic rings. The van der Waals surface area contributed by atoms with Gasteiger partial charge in [0.2, 0.25) is 0 Å². The van der Waals surface area contributed by atoms with E-state index in [1.165, 1.54) is 4.90 Å². The van der Waals surface area contributed by atoms with Gasteiger partial charge in [0.05, 0.1) is 12.2 Å². The summed E-state index contributed by atoms with van der Waals surface area (Å²) in [5, 5.41) is 10.3. The van der Waals surface area contributed by atoms with Crippen LogP contribution in [-0.4, -0.2) is 28.9 Å². The molecule has 25 heavy (non-hydrogen) atoms. The third-order valence-corrected chi connectivity index (χ3v) is 4.79. The minimum Gasteiger partial charge on any atom is -0.271 e. The molecule has 7 heteroatoms. The standard InChI is InChI=1S/C18H15ClN4O2/c1-11-4-2-3-5-12(11)10-22-16-15(20-21-22)17(24)23(18(16)25)14-8-6-13(19)7-9-14/h2-9,15-16H,10H2,1H3/t15-,16+/m0/s1. The molecular formula is C18H15ClN4O2. The topological polar surface area (TPSA) is 65.3 Å². The molecule has 126 valence electrons. The van der Waals surface area contributed by atoms with Crippen molar-refractivity contribution in [2.24, 2.45) is 10.3 Å². The second-order valence-corrected chi connectivity index (χ2v) is 6.54. The molecule has 0 bridgehead atoms. The quantitative estimate of drug-likeness (QED) is 0.795. The van der Waals surface area contributed by atoms with Crippen LogP contribution >= 0.6 is 11.6 Å². The van der Waals surface area contributed by atoms with Gasteiger partial charge >= 0.3 is 0 Å². The van der Waals surface area contributed by atoms with Gasteiger partial charge in [-0.3, -0.25) is 14.6 Å². The van der Waals surface area contributed by atoms with Crippen molar-refractivity contribution >= 4 is 29.1 Å². The lowest BCUT2D eigenvalue weighted by atomic mass is 10.1. The van der Waals surface area contributed by atoms with Gasteiger partial charge in [0.25, 0.3) is 11.8 Å². The molecule has 6 nitrogen and oxygen atoms in total. The summed E-state index contributed by atoms with van der Waals surface area (Å²) in [5.41, 5.74) is 2.65. The van der Waals surface area contributed by atoms with Gasteiger partial charge < -0.3 is 0 Å². The molecular weight excluding hydrogens is 340 g/mol. The first kappa shape index (κ1) is 15.8. The Morgan fingerprint density at radius 2 is 1.76 bits per heavy atom. The molecule has 2 heterocycles. The predicted octanol–water partition coefficient (Wildman–Crippen LogP) is 3.14. The van der Waals surface area contributed by atoms with Gasteiger partial charge in [-0.05, 0) is 42.3 Å². The van der Waals surface area contributed by atoms with Crippen molar-refractivity contribution in [2.75, 3.05) is 4.90 Å². The van der Waals surface area contributed by atoms with E-state index in [1.807, 2.05) is 31.2 Å². The Labute approximate surface area is 149 Å². The molecule has 2 aromatic carbocycles. The fourth-order valence-corrected chi connectivity index (χ4v) is 3.29. The van der Waals surface area contributed by atoms with E-state index in [1.54, 1.807) is 29.3 Å². The molecule has 2 aromatic rings. The van der Waals surface area contributed by atoms with Crippen molar-refractivity contribution in [3.8, 4) is 0 Å². The molecule has 0 N–H and O–H groups in total. The Kier molecular flexibility index (Phi) is 3.77. The van der Waals surface area contributed by atoms with Crippen LogP contribution in [0.5, 0.6) is 0 Å². The van der Waals surface area contributed by atoms with Crippen LogP contribution in [0.3, 0.4) is 0 Å². The van der Waals surface area contributed by atoms with E-state index in [-0.39, 0.29) is 11.8 Å². The molecule has 2 amide bonds. The number of nitrogens with zero attached hydrogens (tertiary/aromatic N) is 4. The molecule has 0 aromatic heterocycles. The van der Waals surface area contributed by atoms with Crippen LogP contribution in [0.4, 0.5) is 5.69 Å². The summed E-state index contributed by atoms with van der Waals surface area (Å²) in [6.45, 7) is 2.44. The molecule has 2 atom stereocenters. The first-order chi connectivity index (χ1) is 12.1. The monoisotopic (exact) mass is 354 g/mol. The summed E-state index contributed by atoms with van der Waals surface area (Å²) in [6, 6.07) is 13.0. The smallest absolute Gasteiger partial charge is 0.263 e. The highest BCUT2D eigenvalue weighted by Crippen LogP contribution is 2.33. The van der Waals surface area contributed by atoms with E-state index in [2.05, 4.69) is 10.3 Å². The number of carbonyl (C=O) groups is 2. The van der Waals surface area contributed by atoms with Crippen molar-refractivity contribution in [3.05, 3.63) is 64.7 Å². The van der Waals surface area contributed by atoms with Crippen molar-refractivity contribution in [2.45, 2.75) is 25.6 Å². The number of anilines is 1. The number of amides is 2. The van der Waals surface area contributed by atoms with Crippen LogP contribution in [0.2, 0.25) is 5.02 Å². The van der Waals surface area contributed by atoms with E-state index in [0.29, 0.717) is 17.3 Å². The number of halogens is 1. The lowest BCUT2D eigenvalue weighted by molar-refractivity contribution is -0.123. The van der Waals surface area contributed by atoms with E-state index in [0.717, 1.165) is 11.1 Å². The van der Waals surface area contributed by atoms with Crippen molar-refractivity contribution in [1.82, 2.24) is 5.01 Å². The Morgan fingerprint density at radius 3 is 2.48 bits per heavy atom. The first-order valence-corrected chi connectivity index (χ1v) is 8.29. The van der Waals surface area contributed by atoms with Crippen molar-refractivity contribution in [1.29, 1.82) is 0 Å². The highest BCUT2D eigenvalue weighted by Gasteiger charge is 2.54. The molecule has 1 fully saturated rings. The minimum absolute atomic E-state index is 0.309. The predicted molar refractivity (Wildman–Crippen MR) is 93.1 cm³/mol. The molecule has 2 aliphatic heterocycles. The fraction of sp³-hybridized carbons (Fsp3) is 0.222. The van der Waals surface area contributed by atoms with Gasteiger partial charge in [-0.25, -0.2) is 4.90 Å². The lowest BCUT2D eigenvalue weighted by Gasteiger charge is -2.21. The van der Waals surface area contributed by atoms with E-state index >= 15 is 0 Å². The number of hydrogen-bond acceptors (Lipinski definition) is 5. The average molecular weight is 355 g/mol. The Hall–Kier alpha value is -2.73. The average Bonchev–Trinajstić information content (AvgIpc) is 3.12. The maximum atomic E-state index is 12.9. The highest BCUT2D eigenvalue weighted by molar-refractivity contribution is 6.31. The summed E-state index contributed by atoms with van der Waals surface area (Å²) in [6.07, 6.45) is 0. The second kappa shape index (κ2) is 5.97. The highest BCUT2D eigenvalue weighted by atomic mass is 35.5. The zero-order valence-corrected chi connectivity index (χ0v) is 14.2. The summed E-state index contributed by atoms with van der Waals surface area (Å²) >= 11 is 5.89. The Balaban J connectivity index is 1.62. The number of aryl methyl sites for hydroxylation is 1. The van der Waals surface area contributed by atoms with Gasteiger partial charge in [-0.15, -0.1) is 0 Å². The second-order valence-electron chi connectivity index (χ2n) is 6.11. The molecule has 0 unspecified atom stereocenters. The van der Waals surface area contributed by atoms with Gasteiger partial charge in [0, 0.05) is 5.02 Å². The van der Waals surface area contributed by atoms with Crippen LogP contribution in [-0.2, 0) is 16.1 Å². The van der Waals surface area contributed by atoms with Crippen LogP contribution in [0.15, 0.2) is 58.9 Å². The van der Waals surface area contributed by atoms with Crippen molar-refractivity contribution < 1.29 is 9.59 Å². The number of imide groups is 1. The molecule has 0 spiro atoms. The summed E-state index contributed by atoms with van der Waals surface area (Å²) < 4.78 is 0. The number of carbonyl (C=O) groups excluding carboxylic acids is 2. The minimum atomic E-state index is -0.785. The van der Waals surface area contributed by atoms with Gasteiger partial charge in [0.1, 0.15) is 0 Å². The normalized spacial score (nSPS) is 22.0. The molecule has 1 saturated heterocycles. The summed E-state index contributed by atoms with van der Waals surface area (Å²) in [5.74, 6) is -0.663. The van der Waals surface area contributed by atoms with E-state index in [4.69, 9.17) is 11.6 Å². The molecule has 0 radical (unpaired) electrons. The third-order valence-electron chi connectivity index (χ3n) is 4.54. The largest absolute Gasteiger partial charge is 0.271 e. The zero-order chi connectivity index (χ0) is 17.6. The lowest BCUT2D eigenvalue weighted by Crippen LogP contribution is -2.39. The summed E-state index contributed by atoms with van der Waals surface area (Å²) in [7, 11) is 0.